The van der Waals surface area contributed by atoms with Crippen LogP contribution in [-0.4, -0.2) is 21.1 Å². The van der Waals surface area contributed by atoms with Gasteiger partial charge in [0, 0.05) is 16.8 Å². The molecule has 0 unspecified atom stereocenters. The van der Waals surface area contributed by atoms with Crippen LogP contribution in [0.1, 0.15) is 15.9 Å². The highest BCUT2D eigenvalue weighted by Gasteiger charge is 2.12. The minimum absolute atomic E-state index is 0.290. The van der Waals surface area contributed by atoms with E-state index in [1.165, 1.54) is 11.3 Å². The third-order valence-corrected chi connectivity index (χ3v) is 5.02. The van der Waals surface area contributed by atoms with Crippen molar-refractivity contribution in [2.75, 3.05) is 5.32 Å². The molecule has 0 saturated carbocycles. The smallest absolute Gasteiger partial charge is 0.257 e. The van der Waals surface area contributed by atoms with Crippen molar-refractivity contribution < 1.29 is 9.53 Å². The van der Waals surface area contributed by atoms with E-state index >= 15 is 0 Å². The fourth-order valence-corrected chi connectivity index (χ4v) is 3.48. The highest BCUT2D eigenvalue weighted by Crippen LogP contribution is 2.25. The molecule has 8 heteroatoms. The Labute approximate surface area is 176 Å². The standard InChI is InChI=1S/C21H15ClN4O2S/c22-16-7-3-5-14(11-16)13-28-17-8-4-6-15(12-17)19(27)24-21-26-25-20(29-21)18-9-1-2-10-23-18/h1-12H,13H2,(H,24,26,27). The van der Waals surface area contributed by atoms with Gasteiger partial charge in [-0.2, -0.15) is 0 Å². The van der Waals surface area contributed by atoms with E-state index in [1.54, 1.807) is 30.5 Å². The average molecular weight is 423 g/mol. The van der Waals surface area contributed by atoms with Crippen LogP contribution in [0.2, 0.25) is 5.02 Å². The van der Waals surface area contributed by atoms with Crippen LogP contribution in [0, 0.1) is 0 Å². The van der Waals surface area contributed by atoms with Crippen molar-refractivity contribution in [2.24, 2.45) is 0 Å². The molecule has 0 bridgehead atoms. The second-order valence-corrected chi connectivity index (χ2v) is 7.44. The lowest BCUT2D eigenvalue weighted by Crippen LogP contribution is -2.11. The molecule has 2 aromatic carbocycles. The van der Waals surface area contributed by atoms with Gasteiger partial charge >= 0.3 is 0 Å². The maximum atomic E-state index is 12.6. The van der Waals surface area contributed by atoms with Gasteiger partial charge in [-0.25, -0.2) is 0 Å². The summed E-state index contributed by atoms with van der Waals surface area (Å²) in [5, 5.41) is 12.6. The van der Waals surface area contributed by atoms with Crippen LogP contribution in [0.4, 0.5) is 5.13 Å². The minimum atomic E-state index is -0.290. The first-order valence-corrected chi connectivity index (χ1v) is 9.90. The Morgan fingerprint density at radius 2 is 1.93 bits per heavy atom. The molecule has 0 aliphatic rings. The summed E-state index contributed by atoms with van der Waals surface area (Å²) in [5.41, 5.74) is 2.12. The molecule has 0 saturated heterocycles. The number of halogens is 1. The molecule has 0 fully saturated rings. The Hall–Kier alpha value is -3.29. The molecule has 2 aromatic heterocycles. The van der Waals surface area contributed by atoms with E-state index in [9.17, 15) is 4.79 Å². The predicted molar refractivity (Wildman–Crippen MR) is 113 cm³/mol. The molecule has 4 aromatic rings. The molecule has 144 valence electrons. The maximum absolute atomic E-state index is 12.6. The number of nitrogens with zero attached hydrogens (tertiary/aromatic N) is 3. The quantitative estimate of drug-likeness (QED) is 0.468. The highest BCUT2D eigenvalue weighted by molar-refractivity contribution is 7.18. The number of pyridine rings is 1. The summed E-state index contributed by atoms with van der Waals surface area (Å²) < 4.78 is 5.78. The number of hydrogen-bond donors (Lipinski definition) is 1. The first-order chi connectivity index (χ1) is 14.2. The molecule has 6 nitrogen and oxygen atoms in total. The minimum Gasteiger partial charge on any atom is -0.489 e. The Balaban J connectivity index is 1.41. The second-order valence-electron chi connectivity index (χ2n) is 6.03. The Kier molecular flexibility index (Phi) is 5.79. The normalized spacial score (nSPS) is 10.5. The van der Waals surface area contributed by atoms with Crippen LogP contribution >= 0.6 is 22.9 Å². The van der Waals surface area contributed by atoms with E-state index in [2.05, 4.69) is 20.5 Å². The SMILES string of the molecule is O=C(Nc1nnc(-c2ccccn2)s1)c1cccc(OCc2cccc(Cl)c2)c1. The second kappa shape index (κ2) is 8.81. The van der Waals surface area contributed by atoms with Crippen molar-refractivity contribution in [1.29, 1.82) is 0 Å². The molecule has 1 N–H and O–H groups in total. The van der Waals surface area contributed by atoms with Crippen LogP contribution in [0.3, 0.4) is 0 Å². The van der Waals surface area contributed by atoms with Crippen molar-refractivity contribution in [1.82, 2.24) is 15.2 Å². The molecule has 0 spiro atoms. The van der Waals surface area contributed by atoms with Gasteiger partial charge in [0.05, 0.1) is 0 Å². The first-order valence-electron chi connectivity index (χ1n) is 8.71. The lowest BCUT2D eigenvalue weighted by atomic mass is 10.2. The van der Waals surface area contributed by atoms with E-state index in [-0.39, 0.29) is 5.91 Å². The number of carbonyl (C=O) groups excluding carboxylic acids is 1. The van der Waals surface area contributed by atoms with Gasteiger partial charge in [-0.05, 0) is 48.0 Å². The lowest BCUT2D eigenvalue weighted by molar-refractivity contribution is 0.102. The Morgan fingerprint density at radius 3 is 2.76 bits per heavy atom. The van der Waals surface area contributed by atoms with Crippen LogP contribution < -0.4 is 10.1 Å². The summed E-state index contributed by atoms with van der Waals surface area (Å²) in [5.74, 6) is 0.297. The van der Waals surface area contributed by atoms with Gasteiger partial charge in [-0.1, -0.05) is 47.2 Å². The number of nitrogens with one attached hydrogen (secondary N) is 1. The third kappa shape index (κ3) is 4.96. The van der Waals surface area contributed by atoms with E-state index in [4.69, 9.17) is 16.3 Å². The molecule has 0 radical (unpaired) electrons. The van der Waals surface area contributed by atoms with Gasteiger partial charge in [0.25, 0.3) is 5.91 Å². The summed E-state index contributed by atoms with van der Waals surface area (Å²) >= 11 is 7.25. The predicted octanol–water partition coefficient (Wildman–Crippen LogP) is 5.08. The number of benzene rings is 2. The zero-order chi connectivity index (χ0) is 20.1. The molecular formula is C21H15ClN4O2S. The number of aromatic nitrogens is 3. The Bertz CT molecular complexity index is 1130. The van der Waals surface area contributed by atoms with Crippen molar-refractivity contribution in [3.8, 4) is 16.5 Å². The third-order valence-electron chi connectivity index (χ3n) is 3.92. The monoisotopic (exact) mass is 422 g/mol. The largest absolute Gasteiger partial charge is 0.489 e. The first kappa shape index (κ1) is 19.0. The average Bonchev–Trinajstić information content (AvgIpc) is 3.22. The molecule has 2 heterocycles. The van der Waals surface area contributed by atoms with Crippen molar-refractivity contribution in [3.05, 3.63) is 89.1 Å². The molecule has 0 atom stereocenters. The zero-order valence-electron chi connectivity index (χ0n) is 15.1. The molecular weight excluding hydrogens is 408 g/mol. The summed E-state index contributed by atoms with van der Waals surface area (Å²) in [6, 6.07) is 19.9. The van der Waals surface area contributed by atoms with Crippen LogP contribution in [0.5, 0.6) is 5.75 Å². The number of hydrogen-bond acceptors (Lipinski definition) is 6. The van der Waals surface area contributed by atoms with E-state index < -0.39 is 0 Å². The van der Waals surface area contributed by atoms with E-state index in [1.807, 2.05) is 42.5 Å². The number of ether oxygens (including phenoxy) is 1. The molecule has 0 aliphatic carbocycles. The fourth-order valence-electron chi connectivity index (χ4n) is 2.56. The van der Waals surface area contributed by atoms with Crippen LogP contribution in [0.15, 0.2) is 72.9 Å². The summed E-state index contributed by atoms with van der Waals surface area (Å²) in [6.45, 7) is 0.357. The topological polar surface area (TPSA) is 77.0 Å². The van der Waals surface area contributed by atoms with Gasteiger partial charge in [-0.15, -0.1) is 10.2 Å². The fraction of sp³-hybridized carbons (Fsp3) is 0.0476. The zero-order valence-corrected chi connectivity index (χ0v) is 16.7. The molecule has 4 rings (SSSR count). The van der Waals surface area contributed by atoms with Gasteiger partial charge in [0.1, 0.15) is 18.1 Å². The number of anilines is 1. The number of rotatable bonds is 6. The van der Waals surface area contributed by atoms with Crippen molar-refractivity contribution in [2.45, 2.75) is 6.61 Å². The van der Waals surface area contributed by atoms with Crippen molar-refractivity contribution in [3.63, 3.8) is 0 Å². The van der Waals surface area contributed by atoms with Gasteiger partial charge in [0.2, 0.25) is 5.13 Å². The van der Waals surface area contributed by atoms with Gasteiger partial charge in [0.15, 0.2) is 5.01 Å². The maximum Gasteiger partial charge on any atom is 0.257 e. The molecule has 0 aliphatic heterocycles. The summed E-state index contributed by atoms with van der Waals surface area (Å²) in [6.07, 6.45) is 1.68. The number of carbonyl (C=O) groups is 1. The number of amides is 1. The summed E-state index contributed by atoms with van der Waals surface area (Å²) in [4.78, 5) is 16.8. The van der Waals surface area contributed by atoms with E-state index in [0.717, 1.165) is 5.56 Å². The van der Waals surface area contributed by atoms with Crippen LogP contribution in [-0.2, 0) is 6.61 Å². The molecule has 29 heavy (non-hydrogen) atoms. The van der Waals surface area contributed by atoms with Gasteiger partial charge < -0.3 is 4.74 Å². The highest BCUT2D eigenvalue weighted by atomic mass is 35.5. The summed E-state index contributed by atoms with van der Waals surface area (Å²) in [7, 11) is 0. The lowest BCUT2D eigenvalue weighted by Gasteiger charge is -2.08. The van der Waals surface area contributed by atoms with E-state index in [0.29, 0.717) is 38.8 Å². The van der Waals surface area contributed by atoms with Gasteiger partial charge in [-0.3, -0.25) is 15.1 Å². The Morgan fingerprint density at radius 1 is 1.03 bits per heavy atom. The van der Waals surface area contributed by atoms with Crippen molar-refractivity contribution >= 4 is 34.0 Å². The molecule has 1 amide bonds. The van der Waals surface area contributed by atoms with Crippen LogP contribution in [0.25, 0.3) is 10.7 Å².